The summed E-state index contributed by atoms with van der Waals surface area (Å²) in [7, 11) is 0. The molecule has 3 rings (SSSR count). The molecule has 2 fully saturated rings. The number of hydrogen-bond donors (Lipinski definition) is 3. The van der Waals surface area contributed by atoms with Crippen molar-refractivity contribution >= 4 is 6.03 Å². The van der Waals surface area contributed by atoms with Crippen LogP contribution in [0.15, 0.2) is 30.3 Å². The lowest BCUT2D eigenvalue weighted by atomic mass is 10.0. The number of piperidine rings is 1. The monoisotopic (exact) mass is 331 g/mol. The molecule has 132 valence electrons. The molecule has 2 atom stereocenters. The molecule has 0 aromatic heterocycles. The zero-order valence-electron chi connectivity index (χ0n) is 14.4. The first-order valence-electron chi connectivity index (χ1n) is 9.16. The second kappa shape index (κ2) is 7.99. The summed E-state index contributed by atoms with van der Waals surface area (Å²) in [6.07, 6.45) is 4.72. The molecule has 1 saturated carbocycles. The van der Waals surface area contributed by atoms with Crippen molar-refractivity contribution in [2.24, 2.45) is 0 Å². The fourth-order valence-electron chi connectivity index (χ4n) is 3.50. The molecule has 3 N–H and O–H groups in total. The molecule has 5 nitrogen and oxygen atoms in total. The van der Waals surface area contributed by atoms with Gasteiger partial charge in [0.05, 0.1) is 6.10 Å². The topological polar surface area (TPSA) is 64.6 Å². The largest absolute Gasteiger partial charge is 0.388 e. The summed E-state index contributed by atoms with van der Waals surface area (Å²) in [5, 5.41) is 16.3. The Morgan fingerprint density at radius 2 is 1.88 bits per heavy atom. The second-order valence-electron chi connectivity index (χ2n) is 7.22. The van der Waals surface area contributed by atoms with Crippen LogP contribution in [0.4, 0.5) is 4.79 Å². The molecule has 2 amide bonds. The van der Waals surface area contributed by atoms with Crippen molar-refractivity contribution in [3.63, 3.8) is 0 Å². The summed E-state index contributed by atoms with van der Waals surface area (Å²) in [5.41, 5.74) is 0.888. The van der Waals surface area contributed by atoms with Gasteiger partial charge in [-0.05, 0) is 44.6 Å². The van der Waals surface area contributed by atoms with Crippen molar-refractivity contribution < 1.29 is 9.90 Å². The Kier molecular flexibility index (Phi) is 5.74. The highest BCUT2D eigenvalue weighted by Crippen LogP contribution is 2.29. The average Bonchev–Trinajstić information content (AvgIpc) is 3.41. The van der Waals surface area contributed by atoms with Gasteiger partial charge in [0.15, 0.2) is 0 Å². The minimum atomic E-state index is -0.553. The standard InChI is InChI=1S/C19H29N3O2/c1-14(13-18(23)15-5-3-2-4-6-15)20-19(24)21-16-9-11-22(12-10-16)17-7-8-17/h2-6,14,16-18,23H,7-13H2,1H3,(H2,20,21,24). The molecule has 1 aromatic rings. The van der Waals surface area contributed by atoms with Crippen LogP contribution in [-0.2, 0) is 0 Å². The fourth-order valence-corrected chi connectivity index (χ4v) is 3.50. The van der Waals surface area contributed by atoms with E-state index in [-0.39, 0.29) is 18.1 Å². The number of amides is 2. The van der Waals surface area contributed by atoms with Crippen LogP contribution in [0, 0.1) is 0 Å². The number of benzene rings is 1. The van der Waals surface area contributed by atoms with Crippen LogP contribution in [0.5, 0.6) is 0 Å². The number of carbonyl (C=O) groups is 1. The van der Waals surface area contributed by atoms with E-state index in [9.17, 15) is 9.90 Å². The normalized spacial score (nSPS) is 21.9. The maximum atomic E-state index is 12.1. The maximum absolute atomic E-state index is 12.1. The molecule has 1 aliphatic heterocycles. The number of likely N-dealkylation sites (tertiary alicyclic amines) is 1. The molecule has 0 spiro atoms. The van der Waals surface area contributed by atoms with Gasteiger partial charge < -0.3 is 20.6 Å². The van der Waals surface area contributed by atoms with Gasteiger partial charge in [-0.15, -0.1) is 0 Å². The molecule has 1 saturated heterocycles. The van der Waals surface area contributed by atoms with Crippen molar-refractivity contribution in [3.05, 3.63) is 35.9 Å². The number of aliphatic hydroxyl groups is 1. The quantitative estimate of drug-likeness (QED) is 0.750. The molecule has 1 aromatic carbocycles. The van der Waals surface area contributed by atoms with E-state index >= 15 is 0 Å². The summed E-state index contributed by atoms with van der Waals surface area (Å²) in [6.45, 7) is 4.12. The first-order chi connectivity index (χ1) is 11.6. The molecule has 0 bridgehead atoms. The highest BCUT2D eigenvalue weighted by Gasteiger charge is 2.32. The molecular weight excluding hydrogens is 302 g/mol. The molecule has 1 aliphatic carbocycles. The number of urea groups is 1. The third kappa shape index (κ3) is 4.95. The minimum absolute atomic E-state index is 0.0771. The summed E-state index contributed by atoms with van der Waals surface area (Å²) in [5.74, 6) is 0. The van der Waals surface area contributed by atoms with E-state index in [1.807, 2.05) is 37.3 Å². The van der Waals surface area contributed by atoms with Crippen LogP contribution in [0.2, 0.25) is 0 Å². The molecular formula is C19H29N3O2. The highest BCUT2D eigenvalue weighted by molar-refractivity contribution is 5.74. The van der Waals surface area contributed by atoms with Crippen molar-refractivity contribution in [1.29, 1.82) is 0 Å². The Morgan fingerprint density at radius 1 is 1.21 bits per heavy atom. The average molecular weight is 331 g/mol. The lowest BCUT2D eigenvalue weighted by Gasteiger charge is -2.32. The molecule has 2 aliphatic rings. The highest BCUT2D eigenvalue weighted by atomic mass is 16.3. The van der Waals surface area contributed by atoms with E-state index in [1.54, 1.807) is 0 Å². The predicted molar refractivity (Wildman–Crippen MR) is 94.8 cm³/mol. The Balaban J connectivity index is 1.36. The van der Waals surface area contributed by atoms with Gasteiger partial charge in [-0.2, -0.15) is 0 Å². The molecule has 0 radical (unpaired) electrons. The zero-order chi connectivity index (χ0) is 16.9. The van der Waals surface area contributed by atoms with Crippen LogP contribution < -0.4 is 10.6 Å². The van der Waals surface area contributed by atoms with Crippen molar-refractivity contribution in [2.75, 3.05) is 13.1 Å². The lowest BCUT2D eigenvalue weighted by molar-refractivity contribution is 0.153. The van der Waals surface area contributed by atoms with Gasteiger partial charge >= 0.3 is 6.03 Å². The summed E-state index contributed by atoms with van der Waals surface area (Å²) < 4.78 is 0. The SMILES string of the molecule is CC(CC(O)c1ccccc1)NC(=O)NC1CCN(C2CC2)CC1. The first-order valence-corrected chi connectivity index (χ1v) is 9.16. The Hall–Kier alpha value is -1.59. The van der Waals surface area contributed by atoms with E-state index in [1.165, 1.54) is 12.8 Å². The summed E-state index contributed by atoms with van der Waals surface area (Å²) >= 11 is 0. The van der Waals surface area contributed by atoms with E-state index in [0.717, 1.165) is 37.5 Å². The zero-order valence-corrected chi connectivity index (χ0v) is 14.4. The second-order valence-corrected chi connectivity index (χ2v) is 7.22. The Labute approximate surface area is 144 Å². The number of nitrogens with one attached hydrogen (secondary N) is 2. The third-order valence-corrected chi connectivity index (χ3v) is 5.07. The summed E-state index contributed by atoms with van der Waals surface area (Å²) in [4.78, 5) is 14.7. The predicted octanol–water partition coefficient (Wildman–Crippen LogP) is 2.42. The van der Waals surface area contributed by atoms with Gasteiger partial charge in [0.2, 0.25) is 0 Å². The van der Waals surface area contributed by atoms with Crippen LogP contribution in [0.3, 0.4) is 0 Å². The molecule has 1 heterocycles. The third-order valence-electron chi connectivity index (χ3n) is 5.07. The lowest BCUT2D eigenvalue weighted by Crippen LogP contribution is -2.50. The number of hydrogen-bond acceptors (Lipinski definition) is 3. The maximum Gasteiger partial charge on any atom is 0.315 e. The van der Waals surface area contributed by atoms with E-state index in [2.05, 4.69) is 15.5 Å². The van der Waals surface area contributed by atoms with Gasteiger partial charge in [0.1, 0.15) is 0 Å². The number of rotatable bonds is 6. The fraction of sp³-hybridized carbons (Fsp3) is 0.632. The molecule has 5 heteroatoms. The minimum Gasteiger partial charge on any atom is -0.388 e. The summed E-state index contributed by atoms with van der Waals surface area (Å²) in [6, 6.07) is 10.5. The molecule has 2 unspecified atom stereocenters. The number of aliphatic hydroxyl groups excluding tert-OH is 1. The van der Waals surface area contributed by atoms with Gasteiger partial charge in [0, 0.05) is 31.2 Å². The van der Waals surface area contributed by atoms with Crippen molar-refractivity contribution in [2.45, 2.75) is 63.3 Å². The number of nitrogens with zero attached hydrogens (tertiary/aromatic N) is 1. The smallest absolute Gasteiger partial charge is 0.315 e. The van der Waals surface area contributed by atoms with Crippen LogP contribution in [0.25, 0.3) is 0 Å². The van der Waals surface area contributed by atoms with Crippen LogP contribution >= 0.6 is 0 Å². The van der Waals surface area contributed by atoms with Crippen LogP contribution in [0.1, 0.15) is 50.7 Å². The van der Waals surface area contributed by atoms with Gasteiger partial charge in [-0.3, -0.25) is 0 Å². The Morgan fingerprint density at radius 3 is 2.50 bits per heavy atom. The van der Waals surface area contributed by atoms with E-state index in [4.69, 9.17) is 0 Å². The first kappa shape index (κ1) is 17.2. The van der Waals surface area contributed by atoms with Crippen LogP contribution in [-0.4, -0.2) is 47.3 Å². The van der Waals surface area contributed by atoms with Gasteiger partial charge in [-0.1, -0.05) is 30.3 Å². The van der Waals surface area contributed by atoms with Gasteiger partial charge in [0.25, 0.3) is 0 Å². The van der Waals surface area contributed by atoms with Gasteiger partial charge in [-0.25, -0.2) is 4.79 Å². The van der Waals surface area contributed by atoms with Crippen molar-refractivity contribution in [1.82, 2.24) is 15.5 Å². The van der Waals surface area contributed by atoms with Crippen molar-refractivity contribution in [3.8, 4) is 0 Å². The molecule has 24 heavy (non-hydrogen) atoms. The number of carbonyl (C=O) groups excluding carboxylic acids is 1. The Bertz CT molecular complexity index is 525. The van der Waals surface area contributed by atoms with E-state index < -0.39 is 6.10 Å². The van der Waals surface area contributed by atoms with E-state index in [0.29, 0.717) is 6.42 Å².